The first-order valence-corrected chi connectivity index (χ1v) is 5.91. The summed E-state index contributed by atoms with van der Waals surface area (Å²) in [5.41, 5.74) is 1.84. The molecule has 0 fully saturated rings. The zero-order chi connectivity index (χ0) is 11.8. The van der Waals surface area contributed by atoms with Crippen LogP contribution in [0.5, 0.6) is 0 Å². The molecule has 2 rings (SSSR count). The van der Waals surface area contributed by atoms with Crippen LogP contribution in [-0.2, 0) is 0 Å². The van der Waals surface area contributed by atoms with Crippen LogP contribution in [0.4, 0.5) is 0 Å². The van der Waals surface area contributed by atoms with Gasteiger partial charge in [-0.15, -0.1) is 11.6 Å². The van der Waals surface area contributed by atoms with Gasteiger partial charge in [0, 0.05) is 0 Å². The summed E-state index contributed by atoms with van der Waals surface area (Å²) in [7, 11) is 0. The number of hydrogen-bond acceptors (Lipinski definition) is 1. The Hall–Kier alpha value is -0.470. The molecule has 1 aliphatic rings. The van der Waals surface area contributed by atoms with Crippen molar-refractivity contribution >= 4 is 40.4 Å². The highest BCUT2D eigenvalue weighted by Crippen LogP contribution is 2.39. The molecule has 0 saturated carbocycles. The Morgan fingerprint density at radius 3 is 2.38 bits per heavy atom. The average Bonchev–Trinajstić information content (AvgIpc) is 2.27. The number of rotatable bonds is 1. The molecule has 0 amide bonds. The molecule has 2 unspecified atom stereocenters. The van der Waals surface area contributed by atoms with Gasteiger partial charge in [-0.2, -0.15) is 0 Å². The minimum absolute atomic E-state index is 0.135. The van der Waals surface area contributed by atoms with E-state index in [1.165, 1.54) is 0 Å². The summed E-state index contributed by atoms with van der Waals surface area (Å²) in [6.07, 6.45) is 3.32. The molecule has 0 aromatic heterocycles. The van der Waals surface area contributed by atoms with Crippen LogP contribution < -0.4 is 0 Å². The third-order valence-corrected chi connectivity index (χ3v) is 3.90. The van der Waals surface area contributed by atoms with Gasteiger partial charge in [-0.25, -0.2) is 0 Å². The predicted octanol–water partition coefficient (Wildman–Crippen LogP) is 3.74. The fourth-order valence-corrected chi connectivity index (χ4v) is 2.16. The van der Waals surface area contributed by atoms with Gasteiger partial charge in [-0.05, 0) is 17.2 Å². The van der Waals surface area contributed by atoms with Gasteiger partial charge < -0.3 is 5.11 Å². The molecule has 16 heavy (non-hydrogen) atoms. The molecule has 1 aromatic carbocycles. The van der Waals surface area contributed by atoms with E-state index in [1.54, 1.807) is 12.2 Å². The molecular weight excluding hydrogens is 266 g/mol. The van der Waals surface area contributed by atoms with E-state index in [-0.39, 0.29) is 5.03 Å². The minimum Gasteiger partial charge on any atom is -0.369 e. The van der Waals surface area contributed by atoms with Crippen molar-refractivity contribution in [2.24, 2.45) is 0 Å². The van der Waals surface area contributed by atoms with Crippen LogP contribution in [0, 0.1) is 0 Å². The first kappa shape index (κ1) is 12.0. The third kappa shape index (κ3) is 2.14. The molecular formula is C12H9Cl3O. The van der Waals surface area contributed by atoms with Crippen LogP contribution in [0.3, 0.4) is 0 Å². The minimum atomic E-state index is -1.71. The van der Waals surface area contributed by atoms with Crippen molar-refractivity contribution in [1.29, 1.82) is 0 Å². The van der Waals surface area contributed by atoms with E-state index in [9.17, 15) is 5.11 Å². The van der Waals surface area contributed by atoms with Gasteiger partial charge in [0.1, 0.15) is 5.38 Å². The number of aliphatic hydroxyl groups is 1. The monoisotopic (exact) mass is 274 g/mol. The van der Waals surface area contributed by atoms with E-state index in [0.29, 0.717) is 0 Å². The Labute approximate surface area is 109 Å². The summed E-state index contributed by atoms with van der Waals surface area (Å²) in [5.74, 6) is 0. The smallest absolute Gasteiger partial charge is 0.195 e. The molecule has 1 aromatic rings. The fraction of sp³-hybridized carbons (Fsp3) is 0.167. The topological polar surface area (TPSA) is 20.2 Å². The highest BCUT2D eigenvalue weighted by molar-refractivity contribution is 6.43. The maximum absolute atomic E-state index is 9.76. The summed E-state index contributed by atoms with van der Waals surface area (Å²) in [6, 6.07) is 9.64. The van der Waals surface area contributed by atoms with Crippen LogP contribution in [0.25, 0.3) is 5.57 Å². The molecule has 0 saturated heterocycles. The second-order valence-electron chi connectivity index (χ2n) is 3.56. The van der Waals surface area contributed by atoms with Gasteiger partial charge in [-0.1, -0.05) is 59.6 Å². The number of benzene rings is 1. The molecule has 0 aliphatic heterocycles. The van der Waals surface area contributed by atoms with Crippen LogP contribution in [0.2, 0.25) is 0 Å². The van der Waals surface area contributed by atoms with Crippen molar-refractivity contribution in [2.45, 2.75) is 10.4 Å². The summed E-state index contributed by atoms with van der Waals surface area (Å²) in [6.45, 7) is 0. The van der Waals surface area contributed by atoms with Crippen molar-refractivity contribution in [3.05, 3.63) is 53.1 Å². The zero-order valence-corrected chi connectivity index (χ0v) is 10.5. The van der Waals surface area contributed by atoms with Crippen LogP contribution in [0.1, 0.15) is 5.56 Å². The maximum Gasteiger partial charge on any atom is 0.195 e. The van der Waals surface area contributed by atoms with Gasteiger partial charge in [0.05, 0.1) is 5.03 Å². The predicted molar refractivity (Wildman–Crippen MR) is 68.8 cm³/mol. The molecule has 2 atom stereocenters. The largest absolute Gasteiger partial charge is 0.369 e. The van der Waals surface area contributed by atoms with E-state index in [4.69, 9.17) is 34.8 Å². The Bertz CT molecular complexity index is 449. The van der Waals surface area contributed by atoms with Crippen molar-refractivity contribution in [1.82, 2.24) is 0 Å². The second kappa shape index (κ2) is 4.42. The lowest BCUT2D eigenvalue weighted by atomic mass is 9.97. The van der Waals surface area contributed by atoms with Crippen molar-refractivity contribution in [3.63, 3.8) is 0 Å². The Balaban J connectivity index is 2.41. The average molecular weight is 276 g/mol. The normalized spacial score (nSPS) is 29.6. The van der Waals surface area contributed by atoms with Crippen molar-refractivity contribution < 1.29 is 5.11 Å². The Morgan fingerprint density at radius 2 is 1.81 bits per heavy atom. The van der Waals surface area contributed by atoms with Gasteiger partial charge in [0.2, 0.25) is 0 Å². The number of allylic oxidation sites excluding steroid dienone is 2. The van der Waals surface area contributed by atoms with E-state index in [2.05, 4.69) is 0 Å². The summed E-state index contributed by atoms with van der Waals surface area (Å²) >= 11 is 17.7. The highest BCUT2D eigenvalue weighted by atomic mass is 35.5. The van der Waals surface area contributed by atoms with Gasteiger partial charge >= 0.3 is 0 Å². The lowest BCUT2D eigenvalue weighted by molar-refractivity contribution is 0.180. The standard InChI is InChI=1S/C12H9Cl3O/c13-10-6-9(7-11(14)12(10,15)16)8-4-2-1-3-5-8/h1-7,10,16H. The van der Waals surface area contributed by atoms with Crippen molar-refractivity contribution in [3.8, 4) is 0 Å². The molecule has 84 valence electrons. The fourth-order valence-electron chi connectivity index (χ4n) is 1.50. The summed E-state index contributed by atoms with van der Waals surface area (Å²) < 4.78 is 0. The van der Waals surface area contributed by atoms with E-state index in [1.807, 2.05) is 30.3 Å². The first-order valence-electron chi connectivity index (χ1n) is 4.72. The summed E-state index contributed by atoms with van der Waals surface area (Å²) in [4.78, 5) is 0. The SMILES string of the molecule is OC1(Cl)C(Cl)=CC(c2ccccc2)=CC1Cl. The van der Waals surface area contributed by atoms with Gasteiger partial charge in [0.15, 0.2) is 5.06 Å². The van der Waals surface area contributed by atoms with Crippen LogP contribution >= 0.6 is 34.8 Å². The maximum atomic E-state index is 9.76. The number of alkyl halides is 2. The van der Waals surface area contributed by atoms with Gasteiger partial charge in [-0.3, -0.25) is 0 Å². The third-order valence-electron chi connectivity index (χ3n) is 2.42. The van der Waals surface area contributed by atoms with Crippen LogP contribution in [0.15, 0.2) is 47.5 Å². The molecule has 0 spiro atoms. The van der Waals surface area contributed by atoms with E-state index in [0.717, 1.165) is 11.1 Å². The molecule has 0 heterocycles. The lowest BCUT2D eigenvalue weighted by Crippen LogP contribution is -2.34. The number of halogens is 3. The quantitative estimate of drug-likeness (QED) is 0.774. The molecule has 0 bridgehead atoms. The molecule has 0 radical (unpaired) electrons. The zero-order valence-electron chi connectivity index (χ0n) is 8.20. The van der Waals surface area contributed by atoms with Crippen LogP contribution in [-0.4, -0.2) is 15.5 Å². The molecule has 4 heteroatoms. The van der Waals surface area contributed by atoms with Crippen molar-refractivity contribution in [2.75, 3.05) is 0 Å². The molecule has 1 aliphatic carbocycles. The number of hydrogen-bond donors (Lipinski definition) is 1. The lowest BCUT2D eigenvalue weighted by Gasteiger charge is -2.27. The first-order chi connectivity index (χ1) is 7.51. The molecule has 1 nitrogen and oxygen atoms in total. The second-order valence-corrected chi connectivity index (χ2v) is 5.01. The van der Waals surface area contributed by atoms with E-state index >= 15 is 0 Å². The molecule has 1 N–H and O–H groups in total. The highest BCUT2D eigenvalue weighted by Gasteiger charge is 2.38. The van der Waals surface area contributed by atoms with E-state index < -0.39 is 10.4 Å². The Morgan fingerprint density at radius 1 is 1.19 bits per heavy atom. The van der Waals surface area contributed by atoms with Gasteiger partial charge in [0.25, 0.3) is 0 Å². The summed E-state index contributed by atoms with van der Waals surface area (Å²) in [5, 5.41) is 7.44. The Kier molecular flexibility index (Phi) is 3.32.